The van der Waals surface area contributed by atoms with E-state index in [-0.39, 0.29) is 11.3 Å². The molecule has 1 atom stereocenters. The molecule has 1 saturated heterocycles. The Balaban J connectivity index is 1.66. The number of amides is 1. The van der Waals surface area contributed by atoms with Crippen molar-refractivity contribution in [2.75, 3.05) is 23.1 Å². The Labute approximate surface area is 171 Å². The van der Waals surface area contributed by atoms with Gasteiger partial charge in [-0.05, 0) is 30.7 Å². The summed E-state index contributed by atoms with van der Waals surface area (Å²) in [5, 5.41) is 12.6. The van der Waals surface area contributed by atoms with E-state index in [0.717, 1.165) is 10.8 Å². The summed E-state index contributed by atoms with van der Waals surface area (Å²) in [7, 11) is -2.02. The number of rotatable bonds is 6. The number of carbonyl (C=O) groups is 1. The van der Waals surface area contributed by atoms with E-state index in [4.69, 9.17) is 0 Å². The lowest BCUT2D eigenvalue weighted by molar-refractivity contribution is -0.272. The quantitative estimate of drug-likeness (QED) is 0.700. The van der Waals surface area contributed by atoms with Gasteiger partial charge in [-0.2, -0.15) is 13.2 Å². The standard InChI is InChI=1S/C18H21F3N4O4S/c1-24-11-9-23-16(24)17(27,18(19,20)21)7-8-22-15(26)13-3-5-14(6-4-13)25-10-2-12-30(25,28)29/h3-6,9,11,27H,2,7-8,10,12H2,1H3,(H,22,26). The Kier molecular flexibility index (Phi) is 5.83. The number of imidazole rings is 1. The van der Waals surface area contributed by atoms with Gasteiger partial charge < -0.3 is 15.0 Å². The number of benzene rings is 1. The Hall–Kier alpha value is -2.60. The van der Waals surface area contributed by atoms with Crippen LogP contribution < -0.4 is 9.62 Å². The highest BCUT2D eigenvalue weighted by Gasteiger charge is 2.57. The molecule has 1 unspecified atom stereocenters. The number of carbonyl (C=O) groups excluding carboxylic acids is 1. The van der Waals surface area contributed by atoms with Crippen LogP contribution in [0.3, 0.4) is 0 Å². The molecule has 164 valence electrons. The summed E-state index contributed by atoms with van der Waals surface area (Å²) in [6, 6.07) is 5.73. The molecule has 3 rings (SSSR count). The molecule has 2 N–H and O–H groups in total. The minimum atomic E-state index is -4.99. The van der Waals surface area contributed by atoms with Gasteiger partial charge in [0, 0.05) is 44.5 Å². The maximum Gasteiger partial charge on any atom is 0.424 e. The zero-order valence-corrected chi connectivity index (χ0v) is 16.9. The predicted octanol–water partition coefficient (Wildman–Crippen LogP) is 1.53. The van der Waals surface area contributed by atoms with Crippen molar-refractivity contribution in [2.45, 2.75) is 24.6 Å². The predicted molar refractivity (Wildman–Crippen MR) is 102 cm³/mol. The van der Waals surface area contributed by atoms with Crippen LogP contribution >= 0.6 is 0 Å². The molecule has 0 saturated carbocycles. The van der Waals surface area contributed by atoms with Crippen molar-refractivity contribution in [3.8, 4) is 0 Å². The number of halogens is 3. The first-order valence-electron chi connectivity index (χ1n) is 9.11. The molecule has 1 aliphatic rings. The van der Waals surface area contributed by atoms with Gasteiger partial charge in [0.25, 0.3) is 5.91 Å². The Morgan fingerprint density at radius 1 is 1.27 bits per heavy atom. The molecule has 2 heterocycles. The van der Waals surface area contributed by atoms with E-state index in [0.29, 0.717) is 18.7 Å². The average molecular weight is 446 g/mol. The Morgan fingerprint density at radius 3 is 2.43 bits per heavy atom. The minimum Gasteiger partial charge on any atom is -0.374 e. The number of nitrogens with zero attached hydrogens (tertiary/aromatic N) is 3. The van der Waals surface area contributed by atoms with Crippen molar-refractivity contribution in [2.24, 2.45) is 7.05 Å². The van der Waals surface area contributed by atoms with Crippen LogP contribution in [-0.2, 0) is 22.7 Å². The highest BCUT2D eigenvalue weighted by molar-refractivity contribution is 7.93. The summed E-state index contributed by atoms with van der Waals surface area (Å²) in [5.41, 5.74) is -2.64. The van der Waals surface area contributed by atoms with Crippen LogP contribution in [0.2, 0.25) is 0 Å². The highest BCUT2D eigenvalue weighted by atomic mass is 32.2. The third-order valence-electron chi connectivity index (χ3n) is 4.95. The molecule has 0 bridgehead atoms. The number of aromatic nitrogens is 2. The van der Waals surface area contributed by atoms with Gasteiger partial charge in [-0.25, -0.2) is 13.4 Å². The number of sulfonamides is 1. The SMILES string of the molecule is Cn1ccnc1C(O)(CCNC(=O)c1ccc(N2CCCS2(=O)=O)cc1)C(F)(F)F. The van der Waals surface area contributed by atoms with Crippen LogP contribution in [0.15, 0.2) is 36.7 Å². The molecular weight excluding hydrogens is 425 g/mol. The monoisotopic (exact) mass is 446 g/mol. The molecule has 2 aromatic rings. The first kappa shape index (κ1) is 22.1. The van der Waals surface area contributed by atoms with Crippen molar-refractivity contribution in [3.63, 3.8) is 0 Å². The molecule has 1 fully saturated rings. The van der Waals surface area contributed by atoms with Crippen LogP contribution in [0, 0.1) is 0 Å². The maximum atomic E-state index is 13.5. The molecular formula is C18H21F3N4O4S. The summed E-state index contributed by atoms with van der Waals surface area (Å²) in [4.78, 5) is 15.9. The van der Waals surface area contributed by atoms with Crippen LogP contribution in [0.1, 0.15) is 29.0 Å². The largest absolute Gasteiger partial charge is 0.424 e. The molecule has 1 amide bonds. The fraction of sp³-hybridized carbons (Fsp3) is 0.444. The molecule has 8 nitrogen and oxygen atoms in total. The van der Waals surface area contributed by atoms with Crippen molar-refractivity contribution in [3.05, 3.63) is 48.0 Å². The van der Waals surface area contributed by atoms with E-state index in [1.54, 1.807) is 0 Å². The van der Waals surface area contributed by atoms with Crippen molar-refractivity contribution < 1.29 is 31.5 Å². The van der Waals surface area contributed by atoms with Crippen LogP contribution in [0.25, 0.3) is 0 Å². The fourth-order valence-corrected chi connectivity index (χ4v) is 4.88. The smallest absolute Gasteiger partial charge is 0.374 e. The zero-order chi connectivity index (χ0) is 22.2. The number of nitrogens with one attached hydrogen (secondary N) is 1. The van der Waals surface area contributed by atoms with E-state index in [9.17, 15) is 31.5 Å². The van der Waals surface area contributed by atoms with E-state index >= 15 is 0 Å². The molecule has 0 aliphatic carbocycles. The summed E-state index contributed by atoms with van der Waals surface area (Å²) in [5.74, 6) is -1.15. The topological polar surface area (TPSA) is 105 Å². The van der Waals surface area contributed by atoms with E-state index in [1.807, 2.05) is 0 Å². The second-order valence-corrected chi connectivity index (χ2v) is 9.03. The number of aryl methyl sites for hydroxylation is 1. The number of anilines is 1. The first-order valence-corrected chi connectivity index (χ1v) is 10.7. The van der Waals surface area contributed by atoms with Gasteiger partial charge in [0.15, 0.2) is 0 Å². The summed E-state index contributed by atoms with van der Waals surface area (Å²) in [6.45, 7) is -0.0962. The van der Waals surface area contributed by atoms with Crippen LogP contribution in [0.5, 0.6) is 0 Å². The second-order valence-electron chi connectivity index (χ2n) is 7.01. The second kappa shape index (κ2) is 7.91. The normalized spacial score (nSPS) is 18.2. The third-order valence-corrected chi connectivity index (χ3v) is 6.82. The van der Waals surface area contributed by atoms with Gasteiger partial charge in [-0.1, -0.05) is 0 Å². The average Bonchev–Trinajstić information content (AvgIpc) is 3.25. The molecule has 0 spiro atoms. The van der Waals surface area contributed by atoms with E-state index in [2.05, 4.69) is 10.3 Å². The third kappa shape index (κ3) is 4.15. The maximum absolute atomic E-state index is 13.5. The van der Waals surface area contributed by atoms with E-state index in [1.165, 1.54) is 41.8 Å². The van der Waals surface area contributed by atoms with Crippen LogP contribution in [0.4, 0.5) is 18.9 Å². The van der Waals surface area contributed by atoms with Gasteiger partial charge in [-0.15, -0.1) is 0 Å². The molecule has 1 aliphatic heterocycles. The van der Waals surface area contributed by atoms with E-state index < -0.39 is 46.5 Å². The molecule has 1 aromatic heterocycles. The highest BCUT2D eigenvalue weighted by Crippen LogP contribution is 2.40. The molecule has 0 radical (unpaired) electrons. The molecule has 12 heteroatoms. The van der Waals surface area contributed by atoms with Gasteiger partial charge in [0.1, 0.15) is 5.82 Å². The zero-order valence-electron chi connectivity index (χ0n) is 16.1. The Morgan fingerprint density at radius 2 is 1.93 bits per heavy atom. The van der Waals surface area contributed by atoms with Crippen molar-refractivity contribution >= 4 is 21.6 Å². The molecule has 30 heavy (non-hydrogen) atoms. The lowest BCUT2D eigenvalue weighted by atomic mass is 9.97. The summed E-state index contributed by atoms with van der Waals surface area (Å²) >= 11 is 0. The lowest BCUT2D eigenvalue weighted by Crippen LogP contribution is -2.46. The minimum absolute atomic E-state index is 0.0629. The van der Waals surface area contributed by atoms with Gasteiger partial charge in [0.05, 0.1) is 11.4 Å². The van der Waals surface area contributed by atoms with Gasteiger partial charge >= 0.3 is 6.18 Å². The summed E-state index contributed by atoms with van der Waals surface area (Å²) in [6.07, 6.45) is -2.86. The van der Waals surface area contributed by atoms with Crippen LogP contribution in [-0.4, -0.2) is 54.0 Å². The van der Waals surface area contributed by atoms with Gasteiger partial charge in [-0.3, -0.25) is 9.10 Å². The lowest BCUT2D eigenvalue weighted by Gasteiger charge is -2.30. The number of hydrogen-bond donors (Lipinski definition) is 2. The van der Waals surface area contributed by atoms with Gasteiger partial charge in [0.2, 0.25) is 15.6 Å². The number of alkyl halides is 3. The first-order chi connectivity index (χ1) is 14.0. The number of aliphatic hydroxyl groups is 1. The fourth-order valence-electron chi connectivity index (χ4n) is 3.31. The van der Waals surface area contributed by atoms with Crippen molar-refractivity contribution in [1.29, 1.82) is 0 Å². The number of hydrogen-bond acceptors (Lipinski definition) is 5. The van der Waals surface area contributed by atoms with Crippen molar-refractivity contribution in [1.82, 2.24) is 14.9 Å². The molecule has 1 aromatic carbocycles. The summed E-state index contributed by atoms with van der Waals surface area (Å²) < 4.78 is 66.7. The Bertz CT molecular complexity index is 1020.